The van der Waals surface area contributed by atoms with Gasteiger partial charge in [0.2, 0.25) is 100 Å². The van der Waals surface area contributed by atoms with Crippen molar-refractivity contribution in [3.63, 3.8) is 0 Å². The highest BCUT2D eigenvalue weighted by Gasteiger charge is 2.47. The second-order valence-corrected chi connectivity index (χ2v) is 35.9. The molecule has 3 aliphatic rings. The van der Waals surface area contributed by atoms with E-state index in [9.17, 15) is 53.4 Å². The Bertz CT molecular complexity index is 5370. The number of H-pyrrole nitrogens is 3. The number of nitrogens with one attached hydrogen (secondary N) is 15. The lowest BCUT2D eigenvalue weighted by atomic mass is 9.99. The number of nitrogens with zero attached hydrogens (tertiary/aromatic N) is 6. The van der Waals surface area contributed by atoms with Crippen LogP contribution in [0.5, 0.6) is 5.75 Å². The van der Waals surface area contributed by atoms with Crippen molar-refractivity contribution in [2.45, 2.75) is 233 Å². The van der Waals surface area contributed by atoms with Crippen LogP contribution < -0.4 is 86.2 Å². The summed E-state index contributed by atoms with van der Waals surface area (Å²) in [5.41, 5.74) is 26.0. The van der Waals surface area contributed by atoms with Gasteiger partial charge in [0.25, 0.3) is 0 Å². The van der Waals surface area contributed by atoms with Gasteiger partial charge in [-0.15, -0.1) is 11.8 Å². The highest BCUT2D eigenvalue weighted by Crippen LogP contribution is 2.28. The largest absolute Gasteiger partial charge is 0.497 e. The number of thioether (sulfide) groups is 1. The highest BCUT2D eigenvalue weighted by molar-refractivity contribution is 8.00. The summed E-state index contributed by atoms with van der Waals surface area (Å²) in [6.45, 7) is 3.20. The molecule has 3 aromatic heterocycles. The van der Waals surface area contributed by atoms with Crippen LogP contribution in [0.4, 0.5) is 0 Å². The number of aromatic nitrogens is 4. The van der Waals surface area contributed by atoms with Gasteiger partial charge >= 0.3 is 5.97 Å². The fraction of sp³-hybridized carbons (Fsp3) is 0.522. The summed E-state index contributed by atoms with van der Waals surface area (Å²) in [5.74, 6) is -18.9. The van der Waals surface area contributed by atoms with Crippen molar-refractivity contribution in [3.05, 3.63) is 120 Å². The lowest BCUT2D eigenvalue weighted by molar-refractivity contribution is -0.149. The van der Waals surface area contributed by atoms with Gasteiger partial charge < -0.3 is 136 Å². The number of aliphatic hydroxyl groups is 1. The molecule has 3 aromatic carbocycles. The summed E-state index contributed by atoms with van der Waals surface area (Å²) in [6.07, 6.45) is 1.58. The molecule has 0 saturated carbocycles. The number of fused-ring (bicyclic) bond motifs is 4. The molecule has 17 amide bonds. The maximum atomic E-state index is 15.9. The number of hydrogen-bond donors (Lipinski definition) is 21. The smallest absolute Gasteiger partial charge is 0.303 e. The normalized spacial score (nSPS) is 24.3. The molecule has 25 N–H and O–H groups in total. The van der Waals surface area contributed by atoms with E-state index in [1.807, 2.05) is 13.8 Å². The minimum Gasteiger partial charge on any atom is -0.497 e. The summed E-state index contributed by atoms with van der Waals surface area (Å²) in [4.78, 5) is 283. The number of carboxylic acids is 1. The van der Waals surface area contributed by atoms with Gasteiger partial charge in [0.15, 0.2) is 5.96 Å². The number of guanidine groups is 1. The van der Waals surface area contributed by atoms with Crippen LogP contribution in [0.2, 0.25) is 0 Å². The number of carboxylic acid groups (broad SMARTS) is 1. The van der Waals surface area contributed by atoms with E-state index < -0.39 is 260 Å². The second-order valence-electron chi connectivity index (χ2n) is 34.9. The molecule has 46 nitrogen and oxygen atoms in total. The first-order valence-electron chi connectivity index (χ1n) is 46.3. The summed E-state index contributed by atoms with van der Waals surface area (Å²) in [6, 6.07) is -1.81. The molecule has 3 aliphatic heterocycles. The van der Waals surface area contributed by atoms with E-state index in [1.165, 1.54) is 47.7 Å². The van der Waals surface area contributed by atoms with E-state index in [-0.39, 0.29) is 89.5 Å². The zero-order valence-corrected chi connectivity index (χ0v) is 79.7. The van der Waals surface area contributed by atoms with Crippen molar-refractivity contribution in [2.24, 2.45) is 22.9 Å². The number of amides is 17. The molecule has 0 radical (unpaired) electrons. The maximum absolute atomic E-state index is 15.9. The number of likely N-dealkylation sites (N-methyl/N-ethyl adjacent to an activating group) is 3. The molecule has 6 heterocycles. The number of rotatable bonds is 29. The first-order chi connectivity index (χ1) is 66.3. The standard InChI is InChI=1S/C92H129N25O21S/c1-8-10-23-70-84(130)106-61(22-16-34-99-92(96)97)80(126)112-69(79(125)102-45-75(95)120)47-139-48-76(121)104-66(36-51-26-28-56(138-7)29-27-51)87(133)113(4)50(3)78(124)110-68(41-74(94)119)90(136)116-35-17-25-71(116)85(131)109-65(39-54-44-98-49-103-54)83(129)107-63(30-31-77(122)123)89(135)117-46-55(118)40-73(117)86(132)108-64(37-52-42-100-59-20-14-12-18-57(52)59)82(128)105-62(32-33-93)81(127)111-67(38-53-43-101-60-21-15-13-19-58(53)60)88(134)115(6)72(24-11-9-2)91(137)114(70)5/h12-15,18-21,26-29,42-44,49-50,55,61-73,100-101,118H,8-11,16-17,22-25,30-41,45-48,93H2,1-7H3,(H2,94,119)(H2,95,120)(H,98,103)(H,102,125)(H,104,121)(H,105,128)(H,106,130)(H,107,129)(H,108,132)(H,109,131)(H,110,124)(H,111,127)(H,112,126)(H,122,123)(H4,96,97,99)/t50-,55+,61-,62-,63-,64-,65-,66-,67-,68-,69-,70-,71-,72-,73-/m0/s1. The Balaban J connectivity index is 1.12. The molecule has 3 saturated heterocycles. The molecule has 6 aromatic rings. The van der Waals surface area contributed by atoms with E-state index in [0.717, 1.165) is 36.3 Å². The van der Waals surface area contributed by atoms with Crippen molar-refractivity contribution in [1.82, 2.24) is 103 Å². The number of primary amides is 2. The summed E-state index contributed by atoms with van der Waals surface area (Å²) < 4.78 is 5.35. The molecule has 9 rings (SSSR count). The van der Waals surface area contributed by atoms with E-state index in [4.69, 9.17) is 33.1 Å². The third kappa shape index (κ3) is 30.6. The van der Waals surface area contributed by atoms with Crippen molar-refractivity contribution in [2.75, 3.05) is 72.5 Å². The molecule has 0 aliphatic carbocycles. The predicted molar refractivity (Wildman–Crippen MR) is 509 cm³/mol. The third-order valence-corrected chi connectivity index (χ3v) is 25.8. The van der Waals surface area contributed by atoms with E-state index >= 15 is 43.2 Å². The van der Waals surface area contributed by atoms with Crippen LogP contribution in [0, 0.1) is 5.41 Å². The number of carbonyl (C=O) groups is 18. The summed E-state index contributed by atoms with van der Waals surface area (Å²) in [7, 11) is 5.36. The molecule has 3 fully saturated rings. The predicted octanol–water partition coefficient (Wildman–Crippen LogP) is -3.45. The van der Waals surface area contributed by atoms with Crippen LogP contribution in [0.15, 0.2) is 97.7 Å². The molecular formula is C92H129N25O21S. The maximum Gasteiger partial charge on any atom is 0.303 e. The zero-order valence-electron chi connectivity index (χ0n) is 78.8. The molecule has 0 bridgehead atoms. The lowest BCUT2D eigenvalue weighted by Crippen LogP contribution is -2.61. The first-order valence-corrected chi connectivity index (χ1v) is 47.4. The molecule has 15 atom stereocenters. The lowest BCUT2D eigenvalue weighted by Gasteiger charge is -2.36. The number of methoxy groups -OCH3 is 1. The fourth-order valence-corrected chi connectivity index (χ4v) is 17.8. The van der Waals surface area contributed by atoms with E-state index in [2.05, 4.69) is 78.4 Å². The van der Waals surface area contributed by atoms with Crippen LogP contribution in [0.1, 0.15) is 139 Å². The number of ether oxygens (including phenoxy) is 1. The number of aromatic amines is 3. The van der Waals surface area contributed by atoms with Crippen LogP contribution >= 0.6 is 11.8 Å². The Morgan fingerprint density at radius 2 is 1.09 bits per heavy atom. The number of imidazole rings is 1. The average Bonchev–Trinajstić information content (AvgIpc) is 1.55. The number of carbonyl (C=O) groups excluding carboxylic acids is 17. The average molecular weight is 1950 g/mol. The quantitative estimate of drug-likeness (QED) is 0.0123. The van der Waals surface area contributed by atoms with Crippen LogP contribution in [0.3, 0.4) is 0 Å². The molecule has 0 spiro atoms. The van der Waals surface area contributed by atoms with Crippen LogP contribution in [0.25, 0.3) is 21.8 Å². The number of para-hydroxylation sites is 2. The number of aliphatic hydroxyl groups excluding tert-OH is 1. The molecule has 754 valence electrons. The minimum atomic E-state index is -1.84. The van der Waals surface area contributed by atoms with Gasteiger partial charge in [-0.2, -0.15) is 0 Å². The Morgan fingerprint density at radius 1 is 0.547 bits per heavy atom. The van der Waals surface area contributed by atoms with Gasteiger partial charge in [-0.1, -0.05) is 88.1 Å². The Hall–Kier alpha value is -14.3. The van der Waals surface area contributed by atoms with E-state index in [0.29, 0.717) is 69.9 Å². The van der Waals surface area contributed by atoms with Crippen molar-refractivity contribution < 1.29 is 101 Å². The van der Waals surface area contributed by atoms with Gasteiger partial charge in [-0.05, 0) is 106 Å². The highest BCUT2D eigenvalue weighted by atomic mass is 32.2. The van der Waals surface area contributed by atoms with Crippen molar-refractivity contribution in [1.29, 1.82) is 5.41 Å². The number of hydrogen-bond acceptors (Lipinski definition) is 24. The van der Waals surface area contributed by atoms with Crippen molar-refractivity contribution in [3.8, 4) is 5.75 Å². The van der Waals surface area contributed by atoms with Gasteiger partial charge in [0.1, 0.15) is 90.3 Å². The zero-order chi connectivity index (χ0) is 101. The van der Waals surface area contributed by atoms with E-state index in [1.54, 1.807) is 85.2 Å². The van der Waals surface area contributed by atoms with Gasteiger partial charge in [0, 0.05) is 131 Å². The number of nitrogens with two attached hydrogens (primary N) is 4. The van der Waals surface area contributed by atoms with Crippen LogP contribution in [-0.4, -0.2) is 330 Å². The first kappa shape index (κ1) is 108. The fourth-order valence-electron chi connectivity index (χ4n) is 17.0. The Kier molecular flexibility index (Phi) is 40.8. The monoisotopic (exact) mass is 1950 g/mol. The molecule has 0 unspecified atom stereocenters. The Labute approximate surface area is 806 Å². The van der Waals surface area contributed by atoms with Gasteiger partial charge in [-0.25, -0.2) is 4.98 Å². The number of unbranched alkanes of at least 4 members (excludes halogenated alkanes) is 2. The summed E-state index contributed by atoms with van der Waals surface area (Å²) >= 11 is 0.770. The third-order valence-electron chi connectivity index (χ3n) is 24.8. The molecular weight excluding hydrogens is 1820 g/mol. The Morgan fingerprint density at radius 3 is 1.68 bits per heavy atom. The van der Waals surface area contributed by atoms with Crippen molar-refractivity contribution >= 4 is 146 Å². The summed E-state index contributed by atoms with van der Waals surface area (Å²) in [5, 5.41) is 59.8. The van der Waals surface area contributed by atoms with Crippen LogP contribution in [-0.2, 0) is 112 Å². The SMILES string of the molecule is CCCC[C@H]1C(=O)N(C)[C@@H](CCCC)C(=O)N[C@@H](CCCNC(=N)N)C(=O)N[C@H](C(=O)NCC(N)=O)CSCC(=O)N[C@@H](Cc2ccc(OC)cc2)C(=O)N(C)[C@@H](C)C(=O)N[C@@H](CC(N)=O)C(=O)N2CCC[C@H]2C(=O)N[C@@H](Cc2cnc[nH]2)C(=O)N[C@@H](CCC(=O)O)C(=O)N2C[C@H](O)C[C@H]2C(=O)N[C@@H](Cc2c[nH]c3ccccc23)C(=O)N[C@@H](CCN)C(=O)N[C@@H](Cc2c[nH]c3ccccc23)C(=O)N1C. The second kappa shape index (κ2) is 52.3. The van der Waals surface area contributed by atoms with Gasteiger partial charge in [-0.3, -0.25) is 91.7 Å². The minimum absolute atomic E-state index is 0.00601. The molecule has 139 heavy (non-hydrogen) atoms. The number of benzene rings is 3. The van der Waals surface area contributed by atoms with Gasteiger partial charge in [0.05, 0.1) is 38.3 Å². The topological polar surface area (TPSA) is 694 Å². The number of aliphatic carboxylic acids is 1. The molecule has 47 heteroatoms.